The lowest BCUT2D eigenvalue weighted by Crippen LogP contribution is -2.45. The first kappa shape index (κ1) is 19.0. The average molecular weight is 330 g/mol. The molecule has 114 valence electrons. The monoisotopic (exact) mass is 329 g/mol. The normalized spacial score (nSPS) is 11.7. The number of halogens is 4. The zero-order valence-electron chi connectivity index (χ0n) is 10.8. The van der Waals surface area contributed by atoms with E-state index in [9.17, 15) is 18.0 Å². The molecule has 0 unspecified atom stereocenters. The fourth-order valence-electron chi connectivity index (χ4n) is 1.16. The van der Waals surface area contributed by atoms with Crippen LogP contribution in [0, 0.1) is 0 Å². The maximum atomic E-state index is 12.3. The molecule has 0 spiro atoms. The second kappa shape index (κ2) is 7.14. The van der Waals surface area contributed by atoms with Gasteiger partial charge in [0.2, 0.25) is 0 Å². The van der Waals surface area contributed by atoms with Crippen molar-refractivity contribution in [1.82, 2.24) is 10.3 Å². The van der Waals surface area contributed by atoms with E-state index >= 15 is 0 Å². The van der Waals surface area contributed by atoms with Crippen molar-refractivity contribution in [1.29, 1.82) is 0 Å². The van der Waals surface area contributed by atoms with E-state index in [0.29, 0.717) is 0 Å². The molecule has 0 bridgehead atoms. The lowest BCUT2D eigenvalue weighted by molar-refractivity contribution is -0.0329. The van der Waals surface area contributed by atoms with Crippen LogP contribution in [-0.4, -0.2) is 28.5 Å². The molecule has 4 nitrogen and oxygen atoms in total. The first-order valence-electron chi connectivity index (χ1n) is 5.36. The molecule has 9 heteroatoms. The molecular formula is C11H15ClF3N3OS. The molecule has 20 heavy (non-hydrogen) atoms. The van der Waals surface area contributed by atoms with Crippen LogP contribution in [0.15, 0.2) is 23.4 Å². The summed E-state index contributed by atoms with van der Waals surface area (Å²) in [6, 6.07) is 2.70. The molecule has 0 radical (unpaired) electrons. The van der Waals surface area contributed by atoms with Gasteiger partial charge in [-0.3, -0.25) is 4.79 Å². The van der Waals surface area contributed by atoms with Gasteiger partial charge in [0.1, 0.15) is 5.03 Å². The summed E-state index contributed by atoms with van der Waals surface area (Å²) >= 11 is -0.414. The molecule has 0 fully saturated rings. The fraction of sp³-hybridized carbons (Fsp3) is 0.455. The van der Waals surface area contributed by atoms with Crippen LogP contribution in [0.1, 0.15) is 24.2 Å². The Balaban J connectivity index is 0.00000361. The molecule has 0 atom stereocenters. The first-order valence-corrected chi connectivity index (χ1v) is 6.18. The van der Waals surface area contributed by atoms with Gasteiger partial charge in [0.25, 0.3) is 5.91 Å². The number of alkyl halides is 3. The number of carbonyl (C=O) groups is 1. The van der Waals surface area contributed by atoms with Crippen LogP contribution in [0.2, 0.25) is 0 Å². The Bertz CT molecular complexity index is 463. The number of aromatic nitrogens is 1. The number of hydrogen-bond donors (Lipinski definition) is 2. The molecule has 3 N–H and O–H groups in total. The van der Waals surface area contributed by atoms with E-state index in [1.807, 2.05) is 0 Å². The Kier molecular flexibility index (Phi) is 6.79. The number of pyridine rings is 1. The van der Waals surface area contributed by atoms with Gasteiger partial charge in [-0.05, 0) is 26.0 Å². The van der Waals surface area contributed by atoms with Gasteiger partial charge >= 0.3 is 5.51 Å². The highest BCUT2D eigenvalue weighted by Crippen LogP contribution is 2.37. The Morgan fingerprint density at radius 1 is 1.45 bits per heavy atom. The second-order valence-corrected chi connectivity index (χ2v) is 5.63. The largest absolute Gasteiger partial charge is 0.447 e. The third kappa shape index (κ3) is 6.97. The van der Waals surface area contributed by atoms with E-state index in [0.717, 1.165) is 0 Å². The standard InChI is InChI=1S/C11H14F3N3OS.ClH/c1-10(2,15)6-17-8(18)7-4-3-5-16-9(7)19-11(12,13)14;/h3-5H,6,15H2,1-2H3,(H,17,18);1H. The zero-order chi connectivity index (χ0) is 14.7. The summed E-state index contributed by atoms with van der Waals surface area (Å²) in [6.45, 7) is 3.54. The molecule has 0 aromatic carbocycles. The van der Waals surface area contributed by atoms with Crippen LogP contribution in [0.4, 0.5) is 13.2 Å². The first-order chi connectivity index (χ1) is 8.58. The summed E-state index contributed by atoms with van der Waals surface area (Å²) in [4.78, 5) is 15.4. The third-order valence-corrected chi connectivity index (χ3v) is 2.68. The minimum atomic E-state index is -4.49. The summed E-state index contributed by atoms with van der Waals surface area (Å²) in [7, 11) is 0. The Labute approximate surface area is 125 Å². The molecule has 0 saturated heterocycles. The molecule has 0 aliphatic carbocycles. The SMILES string of the molecule is CC(C)(N)CNC(=O)c1cccnc1SC(F)(F)F.Cl. The Hall–Kier alpha value is -0.990. The maximum Gasteiger partial charge on any atom is 0.447 e. The predicted octanol–water partition coefficient (Wildman–Crippen LogP) is 2.58. The smallest absolute Gasteiger partial charge is 0.350 e. The molecule has 1 aromatic rings. The number of nitrogens with zero attached hydrogens (tertiary/aromatic N) is 1. The average Bonchev–Trinajstić information content (AvgIpc) is 2.23. The summed E-state index contributed by atoms with van der Waals surface area (Å²) in [6.07, 6.45) is 1.21. The highest BCUT2D eigenvalue weighted by molar-refractivity contribution is 8.00. The summed E-state index contributed by atoms with van der Waals surface area (Å²) in [5, 5.41) is 2.11. The van der Waals surface area contributed by atoms with Crippen LogP contribution in [0.5, 0.6) is 0 Å². The third-order valence-electron chi connectivity index (χ3n) is 1.93. The van der Waals surface area contributed by atoms with Crippen molar-refractivity contribution in [3.63, 3.8) is 0 Å². The van der Waals surface area contributed by atoms with Crippen LogP contribution in [0.3, 0.4) is 0 Å². The lowest BCUT2D eigenvalue weighted by Gasteiger charge is -2.19. The summed E-state index contributed by atoms with van der Waals surface area (Å²) in [5.41, 5.74) is 0.436. The van der Waals surface area contributed by atoms with Crippen molar-refractivity contribution in [2.75, 3.05) is 6.54 Å². The quantitative estimate of drug-likeness (QED) is 0.833. The molecular weight excluding hydrogens is 315 g/mol. The molecule has 1 heterocycles. The highest BCUT2D eigenvalue weighted by atomic mass is 35.5. The van der Waals surface area contributed by atoms with Crippen molar-refractivity contribution in [3.8, 4) is 0 Å². The van der Waals surface area contributed by atoms with E-state index in [1.54, 1.807) is 13.8 Å². The number of thioether (sulfide) groups is 1. The number of hydrogen-bond acceptors (Lipinski definition) is 4. The van der Waals surface area contributed by atoms with Crippen molar-refractivity contribution >= 4 is 30.1 Å². The van der Waals surface area contributed by atoms with Crippen molar-refractivity contribution in [2.45, 2.75) is 29.9 Å². The van der Waals surface area contributed by atoms with Crippen molar-refractivity contribution in [3.05, 3.63) is 23.9 Å². The van der Waals surface area contributed by atoms with Crippen molar-refractivity contribution < 1.29 is 18.0 Å². The van der Waals surface area contributed by atoms with Crippen LogP contribution in [-0.2, 0) is 0 Å². The number of amides is 1. The molecule has 1 aromatic heterocycles. The molecule has 0 saturated carbocycles. The number of carbonyl (C=O) groups excluding carboxylic acids is 1. The fourth-order valence-corrected chi connectivity index (χ4v) is 1.76. The summed E-state index contributed by atoms with van der Waals surface area (Å²) < 4.78 is 37.0. The number of nitrogens with one attached hydrogen (secondary N) is 1. The topological polar surface area (TPSA) is 68.0 Å². The van der Waals surface area contributed by atoms with E-state index in [1.165, 1.54) is 18.3 Å². The van der Waals surface area contributed by atoms with Crippen LogP contribution < -0.4 is 11.1 Å². The second-order valence-electron chi connectivity index (χ2n) is 4.58. The van der Waals surface area contributed by atoms with E-state index in [4.69, 9.17) is 5.73 Å². The van der Waals surface area contributed by atoms with E-state index in [-0.39, 0.29) is 29.5 Å². The Morgan fingerprint density at radius 3 is 2.55 bits per heavy atom. The number of nitrogens with two attached hydrogens (primary N) is 1. The van der Waals surface area contributed by atoms with E-state index < -0.39 is 28.7 Å². The number of rotatable bonds is 4. The van der Waals surface area contributed by atoms with Gasteiger partial charge in [-0.1, -0.05) is 0 Å². The highest BCUT2D eigenvalue weighted by Gasteiger charge is 2.32. The van der Waals surface area contributed by atoms with Crippen LogP contribution >= 0.6 is 24.2 Å². The van der Waals surface area contributed by atoms with Gasteiger partial charge in [0.15, 0.2) is 0 Å². The zero-order valence-corrected chi connectivity index (χ0v) is 12.5. The van der Waals surface area contributed by atoms with Crippen molar-refractivity contribution in [2.24, 2.45) is 5.73 Å². The minimum absolute atomic E-state index is 0. The van der Waals surface area contributed by atoms with Gasteiger partial charge in [-0.15, -0.1) is 12.4 Å². The Morgan fingerprint density at radius 2 is 2.05 bits per heavy atom. The van der Waals surface area contributed by atoms with Gasteiger partial charge in [-0.25, -0.2) is 4.98 Å². The summed E-state index contributed by atoms with van der Waals surface area (Å²) in [5.74, 6) is -0.627. The van der Waals surface area contributed by atoms with Gasteiger partial charge in [0.05, 0.1) is 5.56 Å². The van der Waals surface area contributed by atoms with E-state index in [2.05, 4.69) is 10.3 Å². The molecule has 1 rings (SSSR count). The lowest BCUT2D eigenvalue weighted by atomic mass is 10.1. The van der Waals surface area contributed by atoms with Gasteiger partial charge in [0, 0.05) is 30.0 Å². The molecule has 0 aliphatic heterocycles. The predicted molar refractivity (Wildman–Crippen MR) is 74.0 cm³/mol. The molecule has 0 aliphatic rings. The van der Waals surface area contributed by atoms with Gasteiger partial charge < -0.3 is 11.1 Å². The maximum absolute atomic E-state index is 12.3. The van der Waals surface area contributed by atoms with Gasteiger partial charge in [-0.2, -0.15) is 13.2 Å². The minimum Gasteiger partial charge on any atom is -0.350 e. The van der Waals surface area contributed by atoms with Crippen LogP contribution in [0.25, 0.3) is 0 Å². The molecule has 1 amide bonds.